The number of benzene rings is 2. The second-order valence-electron chi connectivity index (χ2n) is 6.58. The van der Waals surface area contributed by atoms with Crippen LogP contribution in [0, 0.1) is 12.8 Å². The lowest BCUT2D eigenvalue weighted by atomic mass is 9.95. The van der Waals surface area contributed by atoms with E-state index in [-0.39, 0.29) is 11.3 Å². The van der Waals surface area contributed by atoms with Gasteiger partial charge in [0.1, 0.15) is 11.5 Å². The number of aryl methyl sites for hydroxylation is 2. The zero-order chi connectivity index (χ0) is 16.2. The molecule has 0 radical (unpaired) electrons. The van der Waals surface area contributed by atoms with E-state index in [0.29, 0.717) is 0 Å². The average Bonchev–Trinajstić information content (AvgIpc) is 3.15. The molecule has 0 aromatic heterocycles. The molecule has 1 spiro atoms. The van der Waals surface area contributed by atoms with Gasteiger partial charge in [-0.05, 0) is 67.1 Å². The van der Waals surface area contributed by atoms with Gasteiger partial charge in [0.2, 0.25) is 0 Å². The highest BCUT2D eigenvalue weighted by molar-refractivity contribution is 9.10. The predicted octanol–water partition coefficient (Wildman–Crippen LogP) is 4.84. The van der Waals surface area contributed by atoms with Crippen LogP contribution >= 0.6 is 15.9 Å². The van der Waals surface area contributed by atoms with Crippen LogP contribution in [0.4, 0.5) is 0 Å². The van der Waals surface area contributed by atoms with Gasteiger partial charge in [0.15, 0.2) is 0 Å². The van der Waals surface area contributed by atoms with Crippen LogP contribution in [0.15, 0.2) is 40.9 Å². The summed E-state index contributed by atoms with van der Waals surface area (Å²) in [7, 11) is 0. The van der Waals surface area contributed by atoms with E-state index >= 15 is 0 Å². The number of hydrogen-bond donors (Lipinski definition) is 1. The Balaban J connectivity index is 1.64. The van der Waals surface area contributed by atoms with E-state index in [0.717, 1.165) is 40.8 Å². The fourth-order valence-corrected chi connectivity index (χ4v) is 4.13. The minimum atomic E-state index is -0.674. The van der Waals surface area contributed by atoms with Gasteiger partial charge in [0, 0.05) is 9.89 Å². The van der Waals surface area contributed by atoms with Crippen molar-refractivity contribution < 1.29 is 14.6 Å². The van der Waals surface area contributed by atoms with E-state index in [4.69, 9.17) is 4.74 Å². The van der Waals surface area contributed by atoms with Crippen molar-refractivity contribution in [3.63, 3.8) is 0 Å². The van der Waals surface area contributed by atoms with E-state index in [9.17, 15) is 9.90 Å². The first kappa shape index (κ1) is 14.8. The summed E-state index contributed by atoms with van der Waals surface area (Å²) >= 11 is 3.52. The smallest absolute Gasteiger partial charge is 0.307 e. The van der Waals surface area contributed by atoms with Crippen LogP contribution in [0.1, 0.15) is 29.5 Å². The molecule has 2 atom stereocenters. The molecule has 0 bridgehead atoms. The average molecular weight is 373 g/mol. The van der Waals surface area contributed by atoms with E-state index < -0.39 is 5.97 Å². The SMILES string of the molecule is Cc1ccc(Oc2ccc3c(c2)[C@]2(CC3)C[C@H]2C(=O)O)cc1Br. The molecule has 0 aliphatic heterocycles. The number of ether oxygens (including phenoxy) is 1. The molecule has 4 rings (SSSR count). The van der Waals surface area contributed by atoms with Crippen molar-refractivity contribution in [3.05, 3.63) is 57.6 Å². The van der Waals surface area contributed by atoms with Crippen LogP contribution in [-0.4, -0.2) is 11.1 Å². The second kappa shape index (κ2) is 5.10. The number of aliphatic carboxylic acids is 1. The number of fused-ring (bicyclic) bond motifs is 2. The first-order valence-corrected chi connectivity index (χ1v) is 8.59. The Kier molecular flexibility index (Phi) is 3.27. The van der Waals surface area contributed by atoms with Crippen molar-refractivity contribution in [1.82, 2.24) is 0 Å². The summed E-state index contributed by atoms with van der Waals surface area (Å²) in [4.78, 5) is 11.3. The highest BCUT2D eigenvalue weighted by atomic mass is 79.9. The van der Waals surface area contributed by atoms with Crippen LogP contribution in [-0.2, 0) is 16.6 Å². The van der Waals surface area contributed by atoms with Crippen molar-refractivity contribution in [2.45, 2.75) is 31.6 Å². The van der Waals surface area contributed by atoms with Crippen molar-refractivity contribution >= 4 is 21.9 Å². The molecule has 3 nitrogen and oxygen atoms in total. The summed E-state index contributed by atoms with van der Waals surface area (Å²) in [6.45, 7) is 2.03. The van der Waals surface area contributed by atoms with Gasteiger partial charge in [-0.3, -0.25) is 4.79 Å². The molecule has 23 heavy (non-hydrogen) atoms. The van der Waals surface area contributed by atoms with Gasteiger partial charge in [0.25, 0.3) is 0 Å². The topological polar surface area (TPSA) is 46.5 Å². The summed E-state index contributed by atoms with van der Waals surface area (Å²) in [6.07, 6.45) is 2.67. The second-order valence-corrected chi connectivity index (χ2v) is 7.44. The first-order chi connectivity index (χ1) is 11.0. The Morgan fingerprint density at radius 3 is 2.70 bits per heavy atom. The molecule has 0 unspecified atom stereocenters. The molecular formula is C19H17BrO3. The molecule has 2 aromatic rings. The Hall–Kier alpha value is -1.81. The highest BCUT2D eigenvalue weighted by Crippen LogP contribution is 2.62. The maximum atomic E-state index is 11.3. The summed E-state index contributed by atoms with van der Waals surface area (Å²) in [6, 6.07) is 12.0. The molecule has 4 heteroatoms. The third-order valence-electron chi connectivity index (χ3n) is 5.21. The summed E-state index contributed by atoms with van der Waals surface area (Å²) < 4.78 is 6.99. The lowest BCUT2D eigenvalue weighted by Gasteiger charge is -2.13. The van der Waals surface area contributed by atoms with Gasteiger partial charge < -0.3 is 9.84 Å². The molecule has 1 N–H and O–H groups in total. The Bertz CT molecular complexity index is 814. The minimum absolute atomic E-state index is 0.144. The van der Waals surface area contributed by atoms with Gasteiger partial charge in [-0.15, -0.1) is 0 Å². The molecule has 1 saturated carbocycles. The van der Waals surface area contributed by atoms with Crippen LogP contribution in [0.3, 0.4) is 0 Å². The Labute approximate surface area is 143 Å². The maximum Gasteiger partial charge on any atom is 0.307 e. The first-order valence-electron chi connectivity index (χ1n) is 7.80. The zero-order valence-corrected chi connectivity index (χ0v) is 14.4. The minimum Gasteiger partial charge on any atom is -0.481 e. The quantitative estimate of drug-likeness (QED) is 0.838. The van der Waals surface area contributed by atoms with Crippen molar-refractivity contribution in [3.8, 4) is 11.5 Å². The fraction of sp³-hybridized carbons (Fsp3) is 0.316. The van der Waals surface area contributed by atoms with Gasteiger partial charge in [-0.25, -0.2) is 0 Å². The molecule has 0 heterocycles. The van der Waals surface area contributed by atoms with E-state index in [2.05, 4.69) is 22.0 Å². The number of carboxylic acids is 1. The predicted molar refractivity (Wildman–Crippen MR) is 91.1 cm³/mol. The third-order valence-corrected chi connectivity index (χ3v) is 6.06. The van der Waals surface area contributed by atoms with Gasteiger partial charge in [-0.1, -0.05) is 28.1 Å². The lowest BCUT2D eigenvalue weighted by molar-refractivity contribution is -0.139. The van der Waals surface area contributed by atoms with Crippen molar-refractivity contribution in [2.75, 3.05) is 0 Å². The molecule has 2 aromatic carbocycles. The van der Waals surface area contributed by atoms with Gasteiger partial charge >= 0.3 is 5.97 Å². The number of carbonyl (C=O) groups is 1. The van der Waals surface area contributed by atoms with Crippen molar-refractivity contribution in [2.24, 2.45) is 5.92 Å². The van der Waals surface area contributed by atoms with Gasteiger partial charge in [0.05, 0.1) is 5.92 Å². The zero-order valence-electron chi connectivity index (χ0n) is 12.8. The van der Waals surface area contributed by atoms with E-state index in [1.807, 2.05) is 37.3 Å². The number of hydrogen-bond acceptors (Lipinski definition) is 2. The molecular weight excluding hydrogens is 356 g/mol. The molecule has 118 valence electrons. The number of carboxylic acid groups (broad SMARTS) is 1. The molecule has 0 amide bonds. The van der Waals surface area contributed by atoms with Crippen LogP contribution in [0.2, 0.25) is 0 Å². The van der Waals surface area contributed by atoms with Crippen LogP contribution in [0.25, 0.3) is 0 Å². The monoisotopic (exact) mass is 372 g/mol. The number of halogens is 1. The van der Waals surface area contributed by atoms with Crippen LogP contribution in [0.5, 0.6) is 11.5 Å². The lowest BCUT2D eigenvalue weighted by Crippen LogP contribution is -2.11. The number of rotatable bonds is 3. The molecule has 0 saturated heterocycles. The van der Waals surface area contributed by atoms with E-state index in [1.165, 1.54) is 11.1 Å². The maximum absolute atomic E-state index is 11.3. The van der Waals surface area contributed by atoms with Crippen molar-refractivity contribution in [1.29, 1.82) is 0 Å². The largest absolute Gasteiger partial charge is 0.481 e. The molecule has 2 aliphatic carbocycles. The molecule has 2 aliphatic rings. The van der Waals surface area contributed by atoms with E-state index in [1.54, 1.807) is 0 Å². The normalized spacial score (nSPS) is 24.5. The highest BCUT2D eigenvalue weighted by Gasteiger charge is 2.61. The standard InChI is InChI=1S/C19H17BrO3/c1-11-2-4-14(9-17(11)20)23-13-5-3-12-6-7-19(15(12)8-13)10-16(19)18(21)22/h2-5,8-9,16H,6-7,10H2,1H3,(H,21,22)/t16-,19-/m0/s1. The van der Waals surface area contributed by atoms with Crippen LogP contribution < -0.4 is 4.74 Å². The van der Waals surface area contributed by atoms with Gasteiger partial charge in [-0.2, -0.15) is 0 Å². The Morgan fingerprint density at radius 2 is 2.00 bits per heavy atom. The molecule has 1 fully saturated rings. The third kappa shape index (κ3) is 2.36. The summed E-state index contributed by atoms with van der Waals surface area (Å²) in [5.41, 5.74) is 3.46. The Morgan fingerprint density at radius 1 is 1.26 bits per heavy atom. The summed E-state index contributed by atoms with van der Waals surface area (Å²) in [5, 5.41) is 9.33. The summed E-state index contributed by atoms with van der Waals surface area (Å²) in [5.74, 6) is 0.649. The fourth-order valence-electron chi connectivity index (χ4n) is 3.77.